The van der Waals surface area contributed by atoms with Crippen LogP contribution in [0.3, 0.4) is 0 Å². The molecule has 2 aromatic rings. The van der Waals surface area contributed by atoms with Gasteiger partial charge in [0.2, 0.25) is 5.95 Å². The van der Waals surface area contributed by atoms with Crippen molar-refractivity contribution in [2.24, 2.45) is 5.92 Å². The maximum Gasteiger partial charge on any atom is 0.224 e. The van der Waals surface area contributed by atoms with Gasteiger partial charge in [0, 0.05) is 13.1 Å². The van der Waals surface area contributed by atoms with E-state index in [2.05, 4.69) is 32.0 Å². The first-order chi connectivity index (χ1) is 9.28. The number of nitrogens with two attached hydrogens (primary N) is 1. The van der Waals surface area contributed by atoms with Gasteiger partial charge in [-0.25, -0.2) is 0 Å². The van der Waals surface area contributed by atoms with E-state index in [1.165, 1.54) is 25.7 Å². The molecule has 19 heavy (non-hydrogen) atoms. The summed E-state index contributed by atoms with van der Waals surface area (Å²) in [5, 5.41) is 7.87. The Morgan fingerprint density at radius 2 is 2.26 bits per heavy atom. The third-order valence-electron chi connectivity index (χ3n) is 4.03. The molecule has 2 aromatic heterocycles. The molecular formula is C13H20N6. The van der Waals surface area contributed by atoms with Gasteiger partial charge in [-0.2, -0.15) is 15.1 Å². The zero-order valence-corrected chi connectivity index (χ0v) is 11.3. The lowest BCUT2D eigenvalue weighted by atomic mass is 9.98. The Morgan fingerprint density at radius 1 is 1.37 bits per heavy atom. The van der Waals surface area contributed by atoms with Crippen LogP contribution in [0.1, 0.15) is 32.6 Å². The summed E-state index contributed by atoms with van der Waals surface area (Å²) in [4.78, 5) is 10.9. The Morgan fingerprint density at radius 3 is 3.11 bits per heavy atom. The van der Waals surface area contributed by atoms with Crippen molar-refractivity contribution >= 4 is 22.8 Å². The molecule has 0 aliphatic carbocycles. The molecule has 1 unspecified atom stereocenters. The fourth-order valence-corrected chi connectivity index (χ4v) is 2.86. The first-order valence-electron chi connectivity index (χ1n) is 6.99. The second-order valence-electron chi connectivity index (χ2n) is 5.23. The van der Waals surface area contributed by atoms with Crippen molar-refractivity contribution in [2.75, 3.05) is 23.7 Å². The molecule has 1 aliphatic rings. The molecule has 0 amide bonds. The van der Waals surface area contributed by atoms with E-state index in [-0.39, 0.29) is 0 Å². The molecule has 0 radical (unpaired) electrons. The molecule has 1 aliphatic heterocycles. The van der Waals surface area contributed by atoms with Crippen LogP contribution in [0.2, 0.25) is 0 Å². The van der Waals surface area contributed by atoms with Crippen molar-refractivity contribution < 1.29 is 0 Å². The number of anilines is 2. The van der Waals surface area contributed by atoms with Gasteiger partial charge < -0.3 is 10.6 Å². The SMILES string of the molecule is CCC1CCCN(c2nc(N)nc3[nH]ncc23)CC1. The third-order valence-corrected chi connectivity index (χ3v) is 4.03. The van der Waals surface area contributed by atoms with E-state index in [0.717, 1.165) is 35.9 Å². The highest BCUT2D eigenvalue weighted by atomic mass is 15.2. The fourth-order valence-electron chi connectivity index (χ4n) is 2.86. The highest BCUT2D eigenvalue weighted by molar-refractivity contribution is 5.87. The predicted octanol–water partition coefficient (Wildman–Crippen LogP) is 1.95. The summed E-state index contributed by atoms with van der Waals surface area (Å²) in [5.74, 6) is 2.07. The molecule has 0 saturated carbocycles. The van der Waals surface area contributed by atoms with Crippen LogP contribution in [0, 0.1) is 5.92 Å². The number of H-pyrrole nitrogens is 1. The Labute approximate surface area is 112 Å². The molecule has 0 spiro atoms. The lowest BCUT2D eigenvalue weighted by Gasteiger charge is -2.22. The summed E-state index contributed by atoms with van der Waals surface area (Å²) in [6, 6.07) is 0. The summed E-state index contributed by atoms with van der Waals surface area (Å²) in [6.45, 7) is 4.35. The minimum atomic E-state index is 0.308. The van der Waals surface area contributed by atoms with Crippen LogP contribution in [-0.4, -0.2) is 33.3 Å². The largest absolute Gasteiger partial charge is 0.368 e. The van der Waals surface area contributed by atoms with Crippen LogP contribution in [0.25, 0.3) is 11.0 Å². The second kappa shape index (κ2) is 5.03. The fraction of sp³-hybridized carbons (Fsp3) is 0.615. The van der Waals surface area contributed by atoms with Crippen molar-refractivity contribution in [1.29, 1.82) is 0 Å². The predicted molar refractivity (Wildman–Crippen MR) is 75.9 cm³/mol. The smallest absolute Gasteiger partial charge is 0.224 e. The number of nitrogens with zero attached hydrogens (tertiary/aromatic N) is 4. The minimum Gasteiger partial charge on any atom is -0.368 e. The summed E-state index contributed by atoms with van der Waals surface area (Å²) in [7, 11) is 0. The molecule has 3 rings (SSSR count). The molecule has 0 bridgehead atoms. The summed E-state index contributed by atoms with van der Waals surface area (Å²) >= 11 is 0. The van der Waals surface area contributed by atoms with E-state index in [9.17, 15) is 0 Å². The molecule has 3 N–H and O–H groups in total. The van der Waals surface area contributed by atoms with Gasteiger partial charge in [0.25, 0.3) is 0 Å². The molecule has 3 heterocycles. The van der Waals surface area contributed by atoms with E-state index in [1.54, 1.807) is 6.20 Å². The number of rotatable bonds is 2. The highest BCUT2D eigenvalue weighted by Gasteiger charge is 2.19. The Hall–Kier alpha value is -1.85. The van der Waals surface area contributed by atoms with E-state index < -0.39 is 0 Å². The summed E-state index contributed by atoms with van der Waals surface area (Å²) in [5.41, 5.74) is 6.51. The number of aromatic amines is 1. The van der Waals surface area contributed by atoms with Gasteiger partial charge in [-0.15, -0.1) is 0 Å². The van der Waals surface area contributed by atoms with Crippen molar-refractivity contribution in [3.8, 4) is 0 Å². The van der Waals surface area contributed by atoms with Crippen LogP contribution in [0.4, 0.5) is 11.8 Å². The van der Waals surface area contributed by atoms with Gasteiger partial charge in [0.15, 0.2) is 5.65 Å². The van der Waals surface area contributed by atoms with Gasteiger partial charge in [-0.05, 0) is 25.2 Å². The van der Waals surface area contributed by atoms with E-state index in [0.29, 0.717) is 5.95 Å². The standard InChI is InChI=1S/C13H20N6/c1-2-9-4-3-6-19(7-5-9)12-10-8-15-18-11(10)16-13(14)17-12/h8-9H,2-7H2,1H3,(H3,14,15,16,17,18). The molecule has 1 atom stereocenters. The van der Waals surface area contributed by atoms with Crippen molar-refractivity contribution in [2.45, 2.75) is 32.6 Å². The molecule has 0 aromatic carbocycles. The number of fused-ring (bicyclic) bond motifs is 1. The minimum absolute atomic E-state index is 0.308. The van der Waals surface area contributed by atoms with Crippen LogP contribution < -0.4 is 10.6 Å². The first-order valence-corrected chi connectivity index (χ1v) is 6.99. The van der Waals surface area contributed by atoms with Gasteiger partial charge in [-0.3, -0.25) is 5.10 Å². The van der Waals surface area contributed by atoms with Gasteiger partial charge in [0.05, 0.1) is 11.6 Å². The Bertz CT molecular complexity index is 563. The Balaban J connectivity index is 1.93. The average molecular weight is 260 g/mol. The van der Waals surface area contributed by atoms with Crippen molar-refractivity contribution in [3.05, 3.63) is 6.20 Å². The van der Waals surface area contributed by atoms with Crippen LogP contribution in [0.5, 0.6) is 0 Å². The summed E-state index contributed by atoms with van der Waals surface area (Å²) in [6.07, 6.45) is 6.79. The first kappa shape index (κ1) is 12.2. The quantitative estimate of drug-likeness (QED) is 0.862. The highest BCUT2D eigenvalue weighted by Crippen LogP contribution is 2.27. The molecule has 102 valence electrons. The van der Waals surface area contributed by atoms with E-state index in [1.807, 2.05) is 0 Å². The summed E-state index contributed by atoms with van der Waals surface area (Å²) < 4.78 is 0. The third kappa shape index (κ3) is 2.34. The van der Waals surface area contributed by atoms with Gasteiger partial charge in [0.1, 0.15) is 5.82 Å². The lowest BCUT2D eigenvalue weighted by Crippen LogP contribution is -2.25. The van der Waals surface area contributed by atoms with Crippen LogP contribution in [0.15, 0.2) is 6.20 Å². The van der Waals surface area contributed by atoms with Crippen LogP contribution in [-0.2, 0) is 0 Å². The maximum absolute atomic E-state index is 5.79. The van der Waals surface area contributed by atoms with E-state index >= 15 is 0 Å². The number of hydrogen-bond donors (Lipinski definition) is 2. The van der Waals surface area contributed by atoms with Gasteiger partial charge in [-0.1, -0.05) is 13.3 Å². The van der Waals surface area contributed by atoms with Crippen LogP contribution >= 0.6 is 0 Å². The zero-order chi connectivity index (χ0) is 13.2. The van der Waals surface area contributed by atoms with Crippen molar-refractivity contribution in [1.82, 2.24) is 20.2 Å². The van der Waals surface area contributed by atoms with Crippen molar-refractivity contribution in [3.63, 3.8) is 0 Å². The number of nitrogen functional groups attached to an aromatic ring is 1. The monoisotopic (exact) mass is 260 g/mol. The van der Waals surface area contributed by atoms with Gasteiger partial charge >= 0.3 is 0 Å². The number of aromatic nitrogens is 4. The Kier molecular flexibility index (Phi) is 3.23. The molecule has 6 heteroatoms. The number of hydrogen-bond acceptors (Lipinski definition) is 5. The van der Waals surface area contributed by atoms with E-state index in [4.69, 9.17) is 5.73 Å². The normalized spacial score (nSPS) is 20.7. The molecule has 6 nitrogen and oxygen atoms in total. The molecular weight excluding hydrogens is 240 g/mol. The maximum atomic E-state index is 5.79. The lowest BCUT2D eigenvalue weighted by molar-refractivity contribution is 0.459. The zero-order valence-electron chi connectivity index (χ0n) is 11.3. The molecule has 1 fully saturated rings. The topological polar surface area (TPSA) is 83.7 Å². The number of nitrogens with one attached hydrogen (secondary N) is 1. The molecule has 1 saturated heterocycles. The second-order valence-corrected chi connectivity index (χ2v) is 5.23. The average Bonchev–Trinajstić information content (AvgIpc) is 2.74.